The van der Waals surface area contributed by atoms with Crippen LogP contribution in [-0.4, -0.2) is 0 Å². The number of ether oxygens (including phenoxy) is 1. The first-order valence-electron chi connectivity index (χ1n) is 11.2. The van der Waals surface area contributed by atoms with Gasteiger partial charge in [-0.25, -0.2) is 0 Å². The molecule has 0 aromatic heterocycles. The van der Waals surface area contributed by atoms with Crippen LogP contribution in [0.4, 0.5) is 11.4 Å². The Kier molecular flexibility index (Phi) is 4.70. The Morgan fingerprint density at radius 1 is 0.455 bits per heavy atom. The molecule has 0 unspecified atom stereocenters. The molecule has 0 spiro atoms. The average molecular weight is 426 g/mol. The number of anilines is 2. The van der Waals surface area contributed by atoms with Gasteiger partial charge in [-0.2, -0.15) is 0 Å². The van der Waals surface area contributed by atoms with E-state index >= 15 is 0 Å². The Balaban J connectivity index is 1.66. The molecule has 1 heterocycles. The van der Waals surface area contributed by atoms with E-state index in [1.807, 2.05) is 24.3 Å². The lowest BCUT2D eigenvalue weighted by atomic mass is 9.63. The Bertz CT molecular complexity index is 1360. The maximum Gasteiger partial charge on any atom is 0.132 e. The highest BCUT2D eigenvalue weighted by Crippen LogP contribution is 2.55. The van der Waals surface area contributed by atoms with E-state index < -0.39 is 5.41 Å². The number of rotatable bonds is 4. The van der Waals surface area contributed by atoms with Crippen LogP contribution < -0.4 is 10.1 Å². The molecule has 2 heteroatoms. The van der Waals surface area contributed by atoms with Gasteiger partial charge in [0.25, 0.3) is 0 Å². The zero-order chi connectivity index (χ0) is 22.1. The molecule has 1 N–H and O–H groups in total. The van der Waals surface area contributed by atoms with Crippen molar-refractivity contribution in [3.8, 4) is 11.5 Å². The monoisotopic (exact) mass is 425 g/mol. The highest BCUT2D eigenvalue weighted by Gasteiger charge is 2.45. The van der Waals surface area contributed by atoms with Crippen molar-refractivity contribution < 1.29 is 4.74 Å². The molecular weight excluding hydrogens is 402 g/mol. The molecule has 0 saturated carbocycles. The Morgan fingerprint density at radius 3 is 1.67 bits per heavy atom. The lowest BCUT2D eigenvalue weighted by Gasteiger charge is -2.41. The molecule has 6 rings (SSSR count). The third kappa shape index (κ3) is 3.19. The van der Waals surface area contributed by atoms with E-state index in [1.54, 1.807) is 0 Å². The largest absolute Gasteiger partial charge is 0.457 e. The van der Waals surface area contributed by atoms with Crippen LogP contribution in [0.2, 0.25) is 0 Å². The van der Waals surface area contributed by atoms with E-state index in [0.717, 1.165) is 34.0 Å². The summed E-state index contributed by atoms with van der Waals surface area (Å²) in [4.78, 5) is 0. The number of hydrogen-bond donors (Lipinski definition) is 1. The molecule has 0 bridgehead atoms. The minimum Gasteiger partial charge on any atom is -0.457 e. The SMILES string of the molecule is c1ccc(Nc2ccc3c(c2)C(c2ccccc2)(c2ccccc2)c2ccccc2O3)cc1. The predicted molar refractivity (Wildman–Crippen MR) is 135 cm³/mol. The summed E-state index contributed by atoms with van der Waals surface area (Å²) in [5.41, 5.74) is 6.28. The normalized spacial score (nSPS) is 13.3. The van der Waals surface area contributed by atoms with Gasteiger partial charge in [0.1, 0.15) is 11.5 Å². The van der Waals surface area contributed by atoms with Gasteiger partial charge >= 0.3 is 0 Å². The van der Waals surface area contributed by atoms with Gasteiger partial charge in [0.15, 0.2) is 0 Å². The van der Waals surface area contributed by atoms with Gasteiger partial charge in [-0.15, -0.1) is 0 Å². The lowest BCUT2D eigenvalue weighted by molar-refractivity contribution is 0.434. The molecule has 5 aromatic rings. The van der Waals surface area contributed by atoms with Crippen LogP contribution in [0.1, 0.15) is 22.3 Å². The van der Waals surface area contributed by atoms with Crippen LogP contribution in [0.3, 0.4) is 0 Å². The summed E-state index contributed by atoms with van der Waals surface area (Å²) in [7, 11) is 0. The molecule has 0 amide bonds. The van der Waals surface area contributed by atoms with Crippen molar-refractivity contribution in [2.24, 2.45) is 0 Å². The van der Waals surface area contributed by atoms with Crippen molar-refractivity contribution in [3.63, 3.8) is 0 Å². The third-order valence-electron chi connectivity index (χ3n) is 6.37. The second kappa shape index (κ2) is 7.99. The molecule has 158 valence electrons. The summed E-state index contributed by atoms with van der Waals surface area (Å²) >= 11 is 0. The van der Waals surface area contributed by atoms with Crippen LogP contribution in [0.25, 0.3) is 0 Å². The lowest BCUT2D eigenvalue weighted by Crippen LogP contribution is -2.34. The standard InChI is InChI=1S/C31H23NO/c1-4-12-23(13-5-1)31(24-14-6-2-7-15-24)27-18-10-11-19-29(27)33-30-21-20-26(22-28(30)31)32-25-16-8-3-9-17-25/h1-22,32H. The molecule has 0 saturated heterocycles. The molecule has 0 atom stereocenters. The quantitative estimate of drug-likeness (QED) is 0.310. The van der Waals surface area contributed by atoms with Gasteiger partial charge < -0.3 is 10.1 Å². The Hall–Kier alpha value is -4.30. The molecule has 33 heavy (non-hydrogen) atoms. The number of nitrogens with one attached hydrogen (secondary N) is 1. The molecule has 0 aliphatic carbocycles. The fraction of sp³-hybridized carbons (Fsp3) is 0.0323. The van der Waals surface area contributed by atoms with Crippen LogP contribution in [0.5, 0.6) is 11.5 Å². The van der Waals surface area contributed by atoms with Crippen LogP contribution >= 0.6 is 0 Å². The zero-order valence-corrected chi connectivity index (χ0v) is 18.1. The minimum absolute atomic E-state index is 0.499. The minimum atomic E-state index is -0.499. The van der Waals surface area contributed by atoms with Crippen molar-refractivity contribution in [3.05, 3.63) is 156 Å². The highest BCUT2D eigenvalue weighted by molar-refractivity contribution is 5.73. The molecule has 1 aliphatic heterocycles. The van der Waals surface area contributed by atoms with E-state index in [0.29, 0.717) is 0 Å². The van der Waals surface area contributed by atoms with Crippen LogP contribution in [-0.2, 0) is 5.41 Å². The molecule has 0 radical (unpaired) electrons. The molecule has 2 nitrogen and oxygen atoms in total. The van der Waals surface area contributed by atoms with Gasteiger partial charge in [0.05, 0.1) is 5.41 Å². The van der Waals surface area contributed by atoms with Crippen LogP contribution in [0.15, 0.2) is 133 Å². The molecule has 1 aliphatic rings. The fourth-order valence-electron chi connectivity index (χ4n) is 4.97. The van der Waals surface area contributed by atoms with E-state index in [-0.39, 0.29) is 0 Å². The molecule has 0 fully saturated rings. The van der Waals surface area contributed by atoms with E-state index in [1.165, 1.54) is 11.1 Å². The number of hydrogen-bond acceptors (Lipinski definition) is 2. The third-order valence-corrected chi connectivity index (χ3v) is 6.37. The summed E-state index contributed by atoms with van der Waals surface area (Å²) in [6.07, 6.45) is 0. The first-order valence-corrected chi connectivity index (χ1v) is 11.2. The summed E-state index contributed by atoms with van der Waals surface area (Å²) < 4.78 is 6.45. The van der Waals surface area contributed by atoms with Gasteiger partial charge in [0.2, 0.25) is 0 Å². The van der Waals surface area contributed by atoms with E-state index in [2.05, 4.69) is 115 Å². The number of benzene rings is 5. The van der Waals surface area contributed by atoms with Crippen molar-refractivity contribution in [2.45, 2.75) is 5.41 Å². The molecular formula is C31H23NO. The second-order valence-electron chi connectivity index (χ2n) is 8.28. The predicted octanol–water partition coefficient (Wildman–Crippen LogP) is 7.92. The Morgan fingerprint density at radius 2 is 1.00 bits per heavy atom. The number of fused-ring (bicyclic) bond motifs is 2. The van der Waals surface area contributed by atoms with E-state index in [4.69, 9.17) is 4.74 Å². The van der Waals surface area contributed by atoms with Crippen molar-refractivity contribution in [1.29, 1.82) is 0 Å². The van der Waals surface area contributed by atoms with Crippen molar-refractivity contribution >= 4 is 11.4 Å². The maximum absolute atomic E-state index is 6.45. The maximum atomic E-state index is 6.45. The summed E-state index contributed by atoms with van der Waals surface area (Å²) in [6, 6.07) is 46.5. The van der Waals surface area contributed by atoms with Gasteiger partial charge in [-0.3, -0.25) is 0 Å². The van der Waals surface area contributed by atoms with Crippen LogP contribution in [0, 0.1) is 0 Å². The van der Waals surface area contributed by atoms with E-state index in [9.17, 15) is 0 Å². The van der Waals surface area contributed by atoms with Gasteiger partial charge in [-0.1, -0.05) is 97.1 Å². The summed E-state index contributed by atoms with van der Waals surface area (Å²) in [5.74, 6) is 1.77. The Labute approximate surface area is 194 Å². The average Bonchev–Trinajstić information content (AvgIpc) is 2.89. The zero-order valence-electron chi connectivity index (χ0n) is 18.1. The van der Waals surface area contributed by atoms with Crippen molar-refractivity contribution in [2.75, 3.05) is 5.32 Å². The topological polar surface area (TPSA) is 21.3 Å². The number of para-hydroxylation sites is 2. The smallest absolute Gasteiger partial charge is 0.132 e. The summed E-state index contributed by atoms with van der Waals surface area (Å²) in [5, 5.41) is 3.56. The first kappa shape index (κ1) is 19.4. The molecule has 5 aromatic carbocycles. The summed E-state index contributed by atoms with van der Waals surface area (Å²) in [6.45, 7) is 0. The fourth-order valence-corrected chi connectivity index (χ4v) is 4.97. The second-order valence-corrected chi connectivity index (χ2v) is 8.28. The van der Waals surface area contributed by atoms with Gasteiger partial charge in [-0.05, 0) is 47.5 Å². The van der Waals surface area contributed by atoms with Crippen molar-refractivity contribution in [1.82, 2.24) is 0 Å². The first-order chi connectivity index (χ1) is 16.4. The van der Waals surface area contributed by atoms with Gasteiger partial charge in [0, 0.05) is 22.5 Å². The highest BCUT2D eigenvalue weighted by atomic mass is 16.5.